The zero-order valence-corrected chi connectivity index (χ0v) is 37.1. The Kier molecular flexibility index (Phi) is 38.9. The standard InChI is InChI=1S/C46H79O12P/c1-3-5-7-9-11-13-15-17-18-19-20-21-23-25-27-29-31-35-45(51)55-39-42(40-57-59(53,54)56-38-41(48)37-47)58-46(52)36-32-34-44(50)43(49)33-30-28-26-24-22-16-14-12-10-8-6-4-2/h11-14,17-18,20-22,24,28,30,41-44,47-50H,3-10,15-16,19,23,25-27,29,31-40H2,1-2H3,(H,53,54)/b13-11-,14-12-,18-17-,21-20-,24-22-,30-28-/t41-,42+,43?,44?/m0/s1. The third kappa shape index (κ3) is 39.2. The lowest BCUT2D eigenvalue weighted by atomic mass is 10.0. The average molecular weight is 855 g/mol. The van der Waals surface area contributed by atoms with Crippen LogP contribution in [0.1, 0.15) is 155 Å². The Morgan fingerprint density at radius 2 is 1.03 bits per heavy atom. The van der Waals surface area contributed by atoms with Crippen molar-refractivity contribution < 1.29 is 58.0 Å². The summed E-state index contributed by atoms with van der Waals surface area (Å²) in [5, 5.41) is 39.1. The summed E-state index contributed by atoms with van der Waals surface area (Å²) in [7, 11) is -4.71. The van der Waals surface area contributed by atoms with Gasteiger partial charge in [0.25, 0.3) is 0 Å². The number of esters is 2. The molecule has 0 spiro atoms. The number of carbonyl (C=O) groups excluding carboxylic acids is 2. The third-order valence-electron chi connectivity index (χ3n) is 9.03. The van der Waals surface area contributed by atoms with Gasteiger partial charge in [-0.3, -0.25) is 18.6 Å². The first-order chi connectivity index (χ1) is 28.5. The molecule has 0 aromatic carbocycles. The van der Waals surface area contributed by atoms with Gasteiger partial charge in [-0.2, -0.15) is 0 Å². The van der Waals surface area contributed by atoms with Gasteiger partial charge in [-0.25, -0.2) is 4.57 Å². The number of ether oxygens (including phenoxy) is 2. The van der Waals surface area contributed by atoms with E-state index in [1.54, 1.807) is 0 Å². The molecule has 0 saturated heterocycles. The van der Waals surface area contributed by atoms with E-state index >= 15 is 0 Å². The fourth-order valence-electron chi connectivity index (χ4n) is 5.45. The van der Waals surface area contributed by atoms with Crippen molar-refractivity contribution in [3.05, 3.63) is 72.9 Å². The van der Waals surface area contributed by atoms with Crippen LogP contribution in [-0.4, -0.2) is 88.1 Å². The molecule has 59 heavy (non-hydrogen) atoms. The van der Waals surface area contributed by atoms with Crippen molar-refractivity contribution in [2.45, 2.75) is 180 Å². The van der Waals surface area contributed by atoms with Crippen molar-refractivity contribution in [3.63, 3.8) is 0 Å². The van der Waals surface area contributed by atoms with Gasteiger partial charge < -0.3 is 34.8 Å². The number of phosphoric acid groups is 1. The van der Waals surface area contributed by atoms with Gasteiger partial charge in [-0.1, -0.05) is 125 Å². The van der Waals surface area contributed by atoms with Crippen molar-refractivity contribution in [3.8, 4) is 0 Å². The van der Waals surface area contributed by atoms with Gasteiger partial charge in [-0.05, 0) is 89.9 Å². The first-order valence-corrected chi connectivity index (χ1v) is 23.6. The second-order valence-electron chi connectivity index (χ2n) is 14.7. The lowest BCUT2D eigenvalue weighted by Crippen LogP contribution is -2.30. The summed E-state index contributed by atoms with van der Waals surface area (Å²) in [5.74, 6) is -1.24. The minimum atomic E-state index is -4.71. The van der Waals surface area contributed by atoms with Crippen LogP contribution in [0.15, 0.2) is 72.9 Å². The van der Waals surface area contributed by atoms with Gasteiger partial charge in [0.1, 0.15) is 12.7 Å². The molecule has 0 rings (SSSR count). The number of hydrogen-bond donors (Lipinski definition) is 5. The normalized spacial score (nSPS) is 15.6. The molecule has 340 valence electrons. The molecule has 0 aromatic heterocycles. The van der Waals surface area contributed by atoms with E-state index in [1.165, 1.54) is 38.5 Å². The second-order valence-corrected chi connectivity index (χ2v) is 16.1. The second kappa shape index (κ2) is 40.7. The summed E-state index contributed by atoms with van der Waals surface area (Å²) in [4.78, 5) is 35.1. The molecule has 0 aliphatic carbocycles. The van der Waals surface area contributed by atoms with Gasteiger partial charge in [0.15, 0.2) is 6.10 Å². The Morgan fingerprint density at radius 3 is 1.58 bits per heavy atom. The average Bonchev–Trinajstić information content (AvgIpc) is 3.22. The molecule has 12 nitrogen and oxygen atoms in total. The Morgan fingerprint density at radius 1 is 0.559 bits per heavy atom. The van der Waals surface area contributed by atoms with Gasteiger partial charge >= 0.3 is 19.8 Å². The van der Waals surface area contributed by atoms with Crippen LogP contribution in [0.2, 0.25) is 0 Å². The van der Waals surface area contributed by atoms with Crippen LogP contribution >= 0.6 is 7.82 Å². The molecule has 0 aromatic rings. The first-order valence-electron chi connectivity index (χ1n) is 22.1. The molecular formula is C46H79O12P. The first kappa shape index (κ1) is 56.3. The molecule has 0 saturated carbocycles. The summed E-state index contributed by atoms with van der Waals surface area (Å²) < 4.78 is 32.5. The fraction of sp³-hybridized carbons (Fsp3) is 0.696. The number of rotatable bonds is 40. The Bertz CT molecular complexity index is 1240. The quantitative estimate of drug-likeness (QED) is 0.0170. The molecular weight excluding hydrogens is 775 g/mol. The van der Waals surface area contributed by atoms with E-state index in [0.29, 0.717) is 6.42 Å². The Balaban J connectivity index is 4.59. The van der Waals surface area contributed by atoms with Gasteiger partial charge in [0.05, 0.1) is 32.0 Å². The van der Waals surface area contributed by atoms with E-state index in [4.69, 9.17) is 19.1 Å². The smallest absolute Gasteiger partial charge is 0.462 e. The lowest BCUT2D eigenvalue weighted by molar-refractivity contribution is -0.161. The molecule has 0 aliphatic rings. The van der Waals surface area contributed by atoms with Crippen molar-refractivity contribution >= 4 is 19.8 Å². The minimum absolute atomic E-state index is 0.128. The van der Waals surface area contributed by atoms with Crippen molar-refractivity contribution in [2.75, 3.05) is 26.4 Å². The Hall–Kier alpha value is -2.67. The Labute approximate surface area is 355 Å². The lowest BCUT2D eigenvalue weighted by Gasteiger charge is -2.20. The molecule has 0 heterocycles. The van der Waals surface area contributed by atoms with E-state index < -0.39 is 70.6 Å². The largest absolute Gasteiger partial charge is 0.472 e. The number of phosphoric ester groups is 1. The molecule has 0 radical (unpaired) electrons. The van der Waals surface area contributed by atoms with Gasteiger partial charge in [-0.15, -0.1) is 0 Å². The number of hydrogen-bond acceptors (Lipinski definition) is 11. The zero-order chi connectivity index (χ0) is 43.7. The number of unbranched alkanes of at least 4 members (excludes halogenated alkanes) is 10. The maximum Gasteiger partial charge on any atom is 0.472 e. The highest BCUT2D eigenvalue weighted by atomic mass is 31.2. The highest BCUT2D eigenvalue weighted by Gasteiger charge is 2.27. The molecule has 3 unspecified atom stereocenters. The van der Waals surface area contributed by atoms with Crippen molar-refractivity contribution in [1.29, 1.82) is 0 Å². The van der Waals surface area contributed by atoms with Crippen LogP contribution in [-0.2, 0) is 32.7 Å². The summed E-state index contributed by atoms with van der Waals surface area (Å²) >= 11 is 0. The molecule has 0 amide bonds. The van der Waals surface area contributed by atoms with Gasteiger partial charge in [0, 0.05) is 12.8 Å². The van der Waals surface area contributed by atoms with E-state index in [2.05, 4.69) is 73.1 Å². The molecule has 0 bridgehead atoms. The van der Waals surface area contributed by atoms with Crippen LogP contribution in [0.3, 0.4) is 0 Å². The van der Waals surface area contributed by atoms with Crippen LogP contribution in [0, 0.1) is 0 Å². The van der Waals surface area contributed by atoms with Crippen molar-refractivity contribution in [2.24, 2.45) is 0 Å². The van der Waals surface area contributed by atoms with E-state index in [9.17, 15) is 34.4 Å². The summed E-state index contributed by atoms with van der Waals surface area (Å²) in [6, 6.07) is 0. The van der Waals surface area contributed by atoms with Crippen LogP contribution < -0.4 is 0 Å². The van der Waals surface area contributed by atoms with Crippen molar-refractivity contribution in [1.82, 2.24) is 0 Å². The summed E-state index contributed by atoms with van der Waals surface area (Å²) in [5.41, 5.74) is 0. The predicted molar refractivity (Wildman–Crippen MR) is 235 cm³/mol. The molecule has 13 heteroatoms. The maximum absolute atomic E-state index is 12.7. The molecule has 5 N–H and O–H groups in total. The number of aliphatic hydroxyl groups is 4. The zero-order valence-electron chi connectivity index (χ0n) is 36.2. The van der Waals surface area contributed by atoms with Crippen LogP contribution in [0.5, 0.6) is 0 Å². The van der Waals surface area contributed by atoms with Crippen LogP contribution in [0.4, 0.5) is 0 Å². The molecule has 0 aliphatic heterocycles. The minimum Gasteiger partial charge on any atom is -0.462 e. The third-order valence-corrected chi connectivity index (χ3v) is 9.98. The van der Waals surface area contributed by atoms with Gasteiger partial charge in [0.2, 0.25) is 0 Å². The fourth-order valence-corrected chi connectivity index (χ4v) is 6.24. The van der Waals surface area contributed by atoms with E-state index in [1.807, 2.05) is 18.2 Å². The highest BCUT2D eigenvalue weighted by Crippen LogP contribution is 2.43. The number of aliphatic hydroxyl groups excluding tert-OH is 4. The van der Waals surface area contributed by atoms with Crippen LogP contribution in [0.25, 0.3) is 0 Å². The molecule has 5 atom stereocenters. The van der Waals surface area contributed by atoms with E-state index in [0.717, 1.165) is 64.2 Å². The summed E-state index contributed by atoms with van der Waals surface area (Å²) in [6.45, 7) is 1.95. The highest BCUT2D eigenvalue weighted by molar-refractivity contribution is 7.47. The number of allylic oxidation sites excluding steroid dienone is 11. The maximum atomic E-state index is 12.7. The van der Waals surface area contributed by atoms with E-state index in [-0.39, 0.29) is 32.1 Å². The summed E-state index contributed by atoms with van der Waals surface area (Å²) in [6.07, 6.45) is 38.9. The predicted octanol–water partition coefficient (Wildman–Crippen LogP) is 9.61. The monoisotopic (exact) mass is 855 g/mol. The SMILES string of the molecule is CCCCC/C=C\C/C=C\C/C=C\CCCCCCC(=O)OC[C@H](COP(=O)(O)OC[C@@H](O)CO)OC(=O)CCCC(O)C(O)C/C=C\C/C=C\C/C=C\CCCCC. The number of carbonyl (C=O) groups is 2. The molecule has 0 fully saturated rings. The topological polar surface area (TPSA) is 189 Å².